The van der Waals surface area contributed by atoms with E-state index in [0.29, 0.717) is 92.4 Å². The zero-order valence-electron chi connectivity index (χ0n) is 46.9. The minimum Gasteiger partial charge on any atom is -0.493 e. The van der Waals surface area contributed by atoms with Gasteiger partial charge in [0.1, 0.15) is 29.3 Å². The molecule has 0 bridgehead atoms. The average molecular weight is 1130 g/mol. The normalized spacial score (nSPS) is 31.5. The molecule has 0 spiro atoms. The van der Waals surface area contributed by atoms with Crippen molar-refractivity contribution in [3.05, 3.63) is 46.2 Å². The lowest BCUT2D eigenvalue weighted by Crippen LogP contribution is -2.58. The van der Waals surface area contributed by atoms with E-state index in [0.717, 1.165) is 36.9 Å². The molecule has 1 aromatic heterocycles. The molecule has 5 heterocycles. The number of carbonyl (C=O) groups is 4. The molecule has 20 heteroatoms. The van der Waals surface area contributed by atoms with Crippen molar-refractivity contribution in [3.63, 3.8) is 0 Å². The van der Waals surface area contributed by atoms with E-state index in [1.54, 1.807) is 45.5 Å². The Bertz CT molecular complexity index is 2200. The lowest BCUT2D eigenvalue weighted by Gasteiger charge is -2.42. The van der Waals surface area contributed by atoms with E-state index in [1.165, 1.54) is 16.7 Å². The SMILES string of the molecule is CC.CC1CC(N(C)C(=O)N2CCOCC2)[C@@H](O)C(O)O1.COc1ccc(N(CCSC2C(=O)O[C@]3(C)COC(=O)C(C)C[C@H](C)CC(C)(OC)C[C@@H](C)C(=O)C(C)C23)Cc2c(Cl)cncc2Cl)cc1OC1CCCC1. The van der Waals surface area contributed by atoms with E-state index >= 15 is 0 Å². The molecule has 2 N–H and O–H groups in total. The van der Waals surface area contributed by atoms with Crippen LogP contribution in [0.3, 0.4) is 0 Å². The first kappa shape index (κ1) is 63.2. The summed E-state index contributed by atoms with van der Waals surface area (Å²) in [4.78, 5) is 63.2. The molecule has 12 atom stereocenters. The zero-order valence-corrected chi connectivity index (χ0v) is 49.2. The molecule has 5 aliphatic rings. The van der Waals surface area contributed by atoms with Gasteiger partial charge in [0.25, 0.3) is 0 Å². The van der Waals surface area contributed by atoms with E-state index in [2.05, 4.69) is 16.8 Å². The molecule has 4 aliphatic heterocycles. The van der Waals surface area contributed by atoms with Gasteiger partial charge in [-0.15, -0.1) is 11.8 Å². The highest BCUT2D eigenvalue weighted by atomic mass is 35.5. The molecule has 428 valence electrons. The second-order valence-corrected chi connectivity index (χ2v) is 23.6. The Morgan fingerprint density at radius 3 is 2.21 bits per heavy atom. The molecule has 4 saturated heterocycles. The van der Waals surface area contributed by atoms with Gasteiger partial charge in [-0.1, -0.05) is 64.7 Å². The third-order valence-electron chi connectivity index (χ3n) is 15.5. The van der Waals surface area contributed by atoms with Crippen LogP contribution in [0.4, 0.5) is 10.5 Å². The smallest absolute Gasteiger partial charge is 0.320 e. The predicted molar refractivity (Wildman–Crippen MR) is 295 cm³/mol. The standard InChI is InChI=1S/C42H58Cl2N2O8S.C12H22N2O5.C2H6/c1-25-17-26(2)39(48)52-24-42(6)36(28(4)37(47)27(3)20-41(5,19-25)51-8)38(40(49)54-42)55-16-15-46(23-31-32(43)21-45-22-33(31)44)29-13-14-34(50-7)35(18-29)53-30-11-9-10-12-30;1-8-7-9(10(15)11(16)19-8)13(2)12(17)14-3-5-18-6-4-14;1-2/h13-14,18,21-22,25-28,30,36,38H,9-12,15-17,19-20,23-24H2,1-8H3;8-11,15-16H,3-7H2,1-2H3;1-2H3/t25-,26?,27+,28?,36?,38?,41?,42+;8?,9?,10-,11?;/m01./s1. The molecule has 1 aromatic carbocycles. The number of cyclic esters (lactones) is 1. The van der Waals surface area contributed by atoms with Gasteiger partial charge in [-0.3, -0.25) is 19.4 Å². The molecule has 2 aromatic rings. The largest absolute Gasteiger partial charge is 0.493 e. The average Bonchev–Trinajstić information content (AvgIpc) is 4.01. The molecule has 0 radical (unpaired) electrons. The second kappa shape index (κ2) is 29.0. The van der Waals surface area contributed by atoms with E-state index in [4.69, 9.17) is 56.4 Å². The number of aromatic nitrogens is 1. The molecule has 2 amide bonds. The summed E-state index contributed by atoms with van der Waals surface area (Å²) < 4.78 is 40.5. The number of benzene rings is 1. The number of anilines is 1. The lowest BCUT2D eigenvalue weighted by atomic mass is 9.73. The van der Waals surface area contributed by atoms with Crippen LogP contribution in [-0.2, 0) is 44.6 Å². The number of morpholine rings is 1. The highest BCUT2D eigenvalue weighted by Crippen LogP contribution is 2.46. The summed E-state index contributed by atoms with van der Waals surface area (Å²) in [5.74, 6) is -0.568. The summed E-state index contributed by atoms with van der Waals surface area (Å²) in [5, 5.41) is 19.8. The summed E-state index contributed by atoms with van der Waals surface area (Å²) in [6.07, 6.45) is 7.36. The van der Waals surface area contributed by atoms with Crippen molar-refractivity contribution in [2.75, 3.05) is 71.4 Å². The van der Waals surface area contributed by atoms with Crippen LogP contribution in [0.25, 0.3) is 0 Å². The fourth-order valence-electron chi connectivity index (χ4n) is 11.5. The zero-order chi connectivity index (χ0) is 56.1. The monoisotopic (exact) mass is 1120 g/mol. The number of amides is 2. The van der Waals surface area contributed by atoms with Crippen LogP contribution < -0.4 is 14.4 Å². The van der Waals surface area contributed by atoms with Crippen LogP contribution in [0.5, 0.6) is 11.5 Å². The number of carbonyl (C=O) groups excluding carboxylic acids is 4. The van der Waals surface area contributed by atoms with Crippen molar-refractivity contribution < 1.29 is 62.5 Å². The van der Waals surface area contributed by atoms with Crippen molar-refractivity contribution in [3.8, 4) is 11.5 Å². The van der Waals surface area contributed by atoms with Gasteiger partial charge in [-0.05, 0) is 90.2 Å². The van der Waals surface area contributed by atoms with Crippen molar-refractivity contribution >= 4 is 64.4 Å². The van der Waals surface area contributed by atoms with Crippen LogP contribution in [0.1, 0.15) is 119 Å². The van der Waals surface area contributed by atoms with Crippen molar-refractivity contribution in [2.45, 2.75) is 167 Å². The molecule has 7 rings (SSSR count). The molecule has 1 aliphatic carbocycles. The Morgan fingerprint density at radius 2 is 1.58 bits per heavy atom. The number of ether oxygens (including phenoxy) is 7. The second-order valence-electron chi connectivity index (χ2n) is 21.5. The number of halogens is 2. The summed E-state index contributed by atoms with van der Waals surface area (Å²) in [7, 11) is 4.96. The minimum atomic E-state index is -1.24. The quantitative estimate of drug-likeness (QED) is 0.191. The van der Waals surface area contributed by atoms with Crippen LogP contribution in [0.15, 0.2) is 30.6 Å². The maximum Gasteiger partial charge on any atom is 0.320 e. The summed E-state index contributed by atoms with van der Waals surface area (Å²) in [6, 6.07) is 5.27. The number of fused-ring (bicyclic) bond motifs is 1. The van der Waals surface area contributed by atoms with Gasteiger partial charge in [-0.25, -0.2) is 4.79 Å². The van der Waals surface area contributed by atoms with Crippen LogP contribution in [0, 0.1) is 29.6 Å². The Morgan fingerprint density at radius 1 is 0.921 bits per heavy atom. The van der Waals surface area contributed by atoms with Gasteiger partial charge < -0.3 is 58.1 Å². The van der Waals surface area contributed by atoms with E-state index in [1.807, 2.05) is 66.7 Å². The minimum absolute atomic E-state index is 0.0319. The topological polar surface area (TPSA) is 196 Å². The first-order chi connectivity index (χ1) is 36.1. The summed E-state index contributed by atoms with van der Waals surface area (Å²) in [5.41, 5.74) is -0.170. The Hall–Kier alpha value is -3.62. The Balaban J connectivity index is 0.000000423. The molecule has 1 saturated carbocycles. The maximum atomic E-state index is 14.3. The number of hydrogen-bond acceptors (Lipinski definition) is 16. The van der Waals surface area contributed by atoms with Gasteiger partial charge >= 0.3 is 18.0 Å². The number of likely N-dealkylation sites (N-methyl/N-ethyl adjacent to an activating group) is 1. The molecular weight excluding hydrogens is 1040 g/mol. The number of urea groups is 1. The molecule has 8 unspecified atom stereocenters. The van der Waals surface area contributed by atoms with Gasteiger partial charge in [-0.2, -0.15) is 0 Å². The number of aliphatic hydroxyl groups excluding tert-OH is 2. The number of ketones is 1. The number of nitrogens with zero attached hydrogens (tertiary/aromatic N) is 4. The van der Waals surface area contributed by atoms with Crippen molar-refractivity contribution in [2.24, 2.45) is 29.6 Å². The van der Waals surface area contributed by atoms with E-state index < -0.39 is 52.7 Å². The number of methoxy groups -OCH3 is 2. The fraction of sp³-hybridized carbons (Fsp3) is 0.732. The van der Waals surface area contributed by atoms with Gasteiger partial charge in [0.2, 0.25) is 0 Å². The molecule has 76 heavy (non-hydrogen) atoms. The number of rotatable bonds is 12. The predicted octanol–water partition coefficient (Wildman–Crippen LogP) is 9.26. The Labute approximate surface area is 465 Å². The van der Waals surface area contributed by atoms with E-state index in [-0.39, 0.29) is 54.4 Å². The van der Waals surface area contributed by atoms with Crippen molar-refractivity contribution in [1.82, 2.24) is 14.8 Å². The lowest BCUT2D eigenvalue weighted by molar-refractivity contribution is -0.228. The number of Topliss-reactive ketones (excluding diaryl/α,β-unsaturated/α-hetero) is 1. The third kappa shape index (κ3) is 16.3. The van der Waals surface area contributed by atoms with Crippen molar-refractivity contribution in [1.29, 1.82) is 0 Å². The van der Waals surface area contributed by atoms with Gasteiger partial charge in [0, 0.05) is 93.6 Å². The number of esters is 2. The fourth-order valence-corrected chi connectivity index (χ4v) is 13.5. The van der Waals surface area contributed by atoms with E-state index in [9.17, 15) is 29.4 Å². The number of aliphatic hydroxyl groups is 2. The van der Waals surface area contributed by atoms with Crippen LogP contribution in [-0.4, -0.2) is 162 Å². The number of thioether (sulfide) groups is 1. The maximum absolute atomic E-state index is 14.3. The molecular formula is C56H86Cl2N4O13S. The highest BCUT2D eigenvalue weighted by molar-refractivity contribution is 8.00. The third-order valence-corrected chi connectivity index (χ3v) is 17.4. The van der Waals surface area contributed by atoms with Gasteiger partial charge in [0.15, 0.2) is 17.8 Å². The Kier molecular flexibility index (Phi) is 24.1. The highest BCUT2D eigenvalue weighted by Gasteiger charge is 2.58. The number of hydrogen-bond donors (Lipinski definition) is 2. The number of pyridine rings is 1. The summed E-state index contributed by atoms with van der Waals surface area (Å²) >= 11 is 14.7. The molecule has 5 fully saturated rings. The first-order valence-corrected chi connectivity index (χ1v) is 29.0. The summed E-state index contributed by atoms with van der Waals surface area (Å²) in [6.45, 7) is 20.3. The van der Waals surface area contributed by atoms with Crippen LogP contribution in [0.2, 0.25) is 10.0 Å². The molecule has 17 nitrogen and oxygen atoms in total. The van der Waals surface area contributed by atoms with Gasteiger partial charge in [0.05, 0.1) is 60.1 Å². The van der Waals surface area contributed by atoms with Crippen LogP contribution >= 0.6 is 35.0 Å². The first-order valence-electron chi connectivity index (χ1n) is 27.2.